The molecule has 0 aromatic carbocycles. The van der Waals surface area contributed by atoms with Crippen LogP contribution >= 0.6 is 30.4 Å². The van der Waals surface area contributed by atoms with Gasteiger partial charge in [-0.25, -0.2) is 4.79 Å². The van der Waals surface area contributed by atoms with E-state index in [-0.39, 0.29) is 6.04 Å². The predicted octanol–water partition coefficient (Wildman–Crippen LogP) is 3.00. The third-order valence-electron chi connectivity index (χ3n) is 2.24. The van der Waals surface area contributed by atoms with E-state index in [1.165, 1.54) is 23.7 Å². The monoisotopic (exact) mass is 373 g/mol. The zero-order valence-electron chi connectivity index (χ0n) is 12.4. The standard InChI is InChI=1S/C10H20N3O4PS3/c1-8(2)13(18(19)15-5-6-16-18)21-7-11-10(14)17-12-9(3)20-4/h8H,5-7H2,1-4H3,(H,11,14). The topological polar surface area (TPSA) is 72.4 Å². The van der Waals surface area contributed by atoms with Crippen molar-refractivity contribution in [3.63, 3.8) is 0 Å². The lowest BCUT2D eigenvalue weighted by molar-refractivity contribution is 0.153. The van der Waals surface area contributed by atoms with Gasteiger partial charge in [-0.3, -0.25) is 4.84 Å². The second kappa shape index (κ2) is 9.34. The van der Waals surface area contributed by atoms with Crippen molar-refractivity contribution in [3.05, 3.63) is 0 Å². The average Bonchev–Trinajstić information content (AvgIpc) is 2.87. The van der Waals surface area contributed by atoms with Gasteiger partial charge in [0.2, 0.25) is 0 Å². The van der Waals surface area contributed by atoms with E-state index in [4.69, 9.17) is 25.7 Å². The molecule has 1 rings (SSSR count). The van der Waals surface area contributed by atoms with Crippen LogP contribution in [0.4, 0.5) is 4.79 Å². The number of carbonyl (C=O) groups is 1. The smallest absolute Gasteiger partial charge is 0.315 e. The molecule has 122 valence electrons. The van der Waals surface area contributed by atoms with Crippen LogP contribution in [-0.2, 0) is 25.7 Å². The van der Waals surface area contributed by atoms with E-state index in [1.54, 1.807) is 6.92 Å². The first-order chi connectivity index (χ1) is 9.89. The highest BCUT2D eigenvalue weighted by atomic mass is 32.5. The van der Waals surface area contributed by atoms with Crippen LogP contribution < -0.4 is 5.32 Å². The summed E-state index contributed by atoms with van der Waals surface area (Å²) in [6.07, 6.45) is 1.25. The average molecular weight is 373 g/mol. The van der Waals surface area contributed by atoms with Crippen molar-refractivity contribution in [1.82, 2.24) is 9.39 Å². The molecule has 21 heavy (non-hydrogen) atoms. The Kier molecular flexibility index (Phi) is 8.55. The predicted molar refractivity (Wildman–Crippen MR) is 91.9 cm³/mol. The molecule has 11 heteroatoms. The summed E-state index contributed by atoms with van der Waals surface area (Å²) in [7, 11) is 0. The molecule has 1 amide bonds. The van der Waals surface area contributed by atoms with Gasteiger partial charge in [-0.2, -0.15) is 4.08 Å². The molecule has 7 nitrogen and oxygen atoms in total. The normalized spacial score (nSPS) is 18.3. The van der Waals surface area contributed by atoms with E-state index >= 15 is 0 Å². The zero-order valence-corrected chi connectivity index (χ0v) is 15.7. The molecule has 0 radical (unpaired) electrons. The summed E-state index contributed by atoms with van der Waals surface area (Å²) in [5, 5.41) is 6.91. The molecule has 0 spiro atoms. The molecule has 0 atom stereocenters. The summed E-state index contributed by atoms with van der Waals surface area (Å²) in [4.78, 5) is 16.1. The van der Waals surface area contributed by atoms with Crippen LogP contribution in [-0.4, -0.2) is 46.6 Å². The molecular formula is C10H20N3O4PS3. The molecule has 0 unspecified atom stereocenters. The Morgan fingerprint density at radius 2 is 2.14 bits per heavy atom. The molecule has 1 heterocycles. The Bertz CT molecular complexity index is 426. The third-order valence-corrected chi connectivity index (χ3v) is 8.29. The van der Waals surface area contributed by atoms with Crippen LogP contribution in [0.15, 0.2) is 5.16 Å². The molecule has 1 aliphatic heterocycles. The van der Waals surface area contributed by atoms with E-state index in [9.17, 15) is 4.79 Å². The van der Waals surface area contributed by atoms with E-state index in [0.29, 0.717) is 24.1 Å². The Morgan fingerprint density at radius 3 is 2.67 bits per heavy atom. The number of carbonyl (C=O) groups excluding carboxylic acids is 1. The van der Waals surface area contributed by atoms with Crippen molar-refractivity contribution >= 4 is 53.3 Å². The lowest BCUT2D eigenvalue weighted by Crippen LogP contribution is -2.28. The van der Waals surface area contributed by atoms with Gasteiger partial charge in [-0.15, -0.1) is 11.8 Å². The fourth-order valence-electron chi connectivity index (χ4n) is 1.29. The van der Waals surface area contributed by atoms with Crippen molar-refractivity contribution in [2.75, 3.05) is 25.3 Å². The highest BCUT2D eigenvalue weighted by Crippen LogP contribution is 2.59. The highest BCUT2D eigenvalue weighted by Gasteiger charge is 2.35. The summed E-state index contributed by atoms with van der Waals surface area (Å²) < 4.78 is 13.0. The van der Waals surface area contributed by atoms with Crippen LogP contribution in [0.3, 0.4) is 0 Å². The van der Waals surface area contributed by atoms with Gasteiger partial charge in [0.25, 0.3) is 6.64 Å². The molecule has 1 saturated heterocycles. The fraction of sp³-hybridized carbons (Fsp3) is 0.800. The number of amides is 1. The van der Waals surface area contributed by atoms with Gasteiger partial charge in [-0.05, 0) is 50.8 Å². The molecule has 0 aromatic heterocycles. The van der Waals surface area contributed by atoms with Crippen LogP contribution in [0.1, 0.15) is 20.8 Å². The van der Waals surface area contributed by atoms with Gasteiger partial charge in [0.15, 0.2) is 0 Å². The minimum absolute atomic E-state index is 0.133. The number of nitrogens with zero attached hydrogens (tertiary/aromatic N) is 2. The van der Waals surface area contributed by atoms with Crippen molar-refractivity contribution < 1.29 is 18.7 Å². The lowest BCUT2D eigenvalue weighted by Gasteiger charge is -2.31. The summed E-state index contributed by atoms with van der Waals surface area (Å²) >= 11 is 8.21. The summed E-state index contributed by atoms with van der Waals surface area (Å²) in [6, 6.07) is 0.133. The van der Waals surface area contributed by atoms with Crippen LogP contribution in [0.5, 0.6) is 0 Å². The summed E-state index contributed by atoms with van der Waals surface area (Å²) in [6.45, 7) is 4.35. The van der Waals surface area contributed by atoms with Crippen molar-refractivity contribution in [1.29, 1.82) is 0 Å². The van der Waals surface area contributed by atoms with Gasteiger partial charge in [0, 0.05) is 6.04 Å². The van der Waals surface area contributed by atoms with Crippen LogP contribution in [0, 0.1) is 0 Å². The lowest BCUT2D eigenvalue weighted by atomic mass is 10.4. The number of oxime groups is 1. The van der Waals surface area contributed by atoms with Gasteiger partial charge in [0.1, 0.15) is 5.04 Å². The quantitative estimate of drug-likeness (QED) is 0.145. The van der Waals surface area contributed by atoms with Gasteiger partial charge in [0.05, 0.1) is 19.1 Å². The second-order valence-electron chi connectivity index (χ2n) is 4.17. The van der Waals surface area contributed by atoms with E-state index < -0.39 is 12.7 Å². The Balaban J connectivity index is 2.41. The van der Waals surface area contributed by atoms with Crippen LogP contribution in [0.25, 0.3) is 0 Å². The minimum atomic E-state index is -2.43. The van der Waals surface area contributed by atoms with E-state index in [0.717, 1.165) is 0 Å². The third kappa shape index (κ3) is 6.43. The maximum absolute atomic E-state index is 11.5. The van der Waals surface area contributed by atoms with Crippen molar-refractivity contribution in [3.8, 4) is 0 Å². The Hall–Kier alpha value is 0.170. The number of nitrogens with one attached hydrogen (secondary N) is 1. The first-order valence-corrected chi connectivity index (χ1v) is 11.0. The van der Waals surface area contributed by atoms with E-state index in [2.05, 4.69) is 10.5 Å². The number of hydrogen-bond donors (Lipinski definition) is 1. The van der Waals surface area contributed by atoms with Crippen molar-refractivity contribution in [2.24, 2.45) is 5.16 Å². The van der Waals surface area contributed by atoms with Gasteiger partial charge in [-0.1, -0.05) is 5.16 Å². The number of thioether (sulfide) groups is 1. The molecule has 1 N–H and O–H groups in total. The Morgan fingerprint density at radius 1 is 1.52 bits per heavy atom. The second-order valence-corrected chi connectivity index (χ2v) is 9.65. The van der Waals surface area contributed by atoms with Gasteiger partial charge < -0.3 is 14.4 Å². The van der Waals surface area contributed by atoms with Crippen molar-refractivity contribution in [2.45, 2.75) is 26.8 Å². The summed E-state index contributed by atoms with van der Waals surface area (Å²) in [5.41, 5.74) is 0. The molecule has 0 aromatic rings. The SMILES string of the molecule is CSC(C)=NOC(=O)NCSN(C(C)C)P1(=S)OCCO1. The molecule has 1 fully saturated rings. The minimum Gasteiger partial charge on any atom is -0.315 e. The van der Waals surface area contributed by atoms with E-state index in [1.807, 2.05) is 24.2 Å². The first kappa shape index (κ1) is 19.2. The van der Waals surface area contributed by atoms with Crippen LogP contribution in [0.2, 0.25) is 0 Å². The number of hydrogen-bond acceptors (Lipinski definition) is 8. The molecule has 0 saturated carbocycles. The maximum Gasteiger partial charge on any atom is 0.434 e. The molecular weight excluding hydrogens is 353 g/mol. The fourth-order valence-corrected chi connectivity index (χ4v) is 5.95. The summed E-state index contributed by atoms with van der Waals surface area (Å²) in [5.74, 6) is 0.302. The first-order valence-electron chi connectivity index (χ1n) is 6.24. The molecule has 0 bridgehead atoms. The number of rotatable bonds is 6. The molecule has 0 aliphatic carbocycles. The zero-order chi connectivity index (χ0) is 15.9. The molecule has 1 aliphatic rings. The highest BCUT2D eigenvalue weighted by molar-refractivity contribution is 8.15. The van der Waals surface area contributed by atoms with Gasteiger partial charge >= 0.3 is 6.09 Å². The Labute approximate surface area is 138 Å². The largest absolute Gasteiger partial charge is 0.434 e. The maximum atomic E-state index is 11.5.